The minimum atomic E-state index is -3.24. The van der Waals surface area contributed by atoms with Crippen molar-refractivity contribution in [2.24, 2.45) is 5.92 Å². The molecule has 1 fully saturated rings. The van der Waals surface area contributed by atoms with Crippen LogP contribution in [0.3, 0.4) is 0 Å². The van der Waals surface area contributed by atoms with Crippen molar-refractivity contribution in [2.45, 2.75) is 25.7 Å². The quantitative estimate of drug-likeness (QED) is 0.670. The van der Waals surface area contributed by atoms with Gasteiger partial charge in [-0.2, -0.15) is 0 Å². The summed E-state index contributed by atoms with van der Waals surface area (Å²) in [7, 11) is -0.723. The van der Waals surface area contributed by atoms with Crippen LogP contribution in [-0.4, -0.2) is 31.9 Å². The molecule has 0 aromatic heterocycles. The monoisotopic (exact) mass is 248 g/mol. The molecule has 0 amide bonds. The lowest BCUT2D eigenvalue weighted by Crippen LogP contribution is -2.12. The topological polar surface area (TPSA) is 69.7 Å². The maximum absolute atomic E-state index is 11.7. The molecule has 0 saturated heterocycles. The first-order chi connectivity index (χ1) is 7.49. The van der Waals surface area contributed by atoms with Crippen LogP contribution in [0.2, 0.25) is 0 Å². The summed E-state index contributed by atoms with van der Waals surface area (Å²) in [6.07, 6.45) is 1.88. The molecule has 1 saturated carbocycles. The molecule has 6 heteroatoms. The molecular weight excluding hydrogens is 231 g/mol. The Hall–Kier alpha value is -0.510. The Labute approximate surface area is 95.0 Å². The summed E-state index contributed by atoms with van der Waals surface area (Å²) < 4.78 is 21.0. The number of hydrogen-bond donors (Lipinski definition) is 0. The molecule has 0 N–H and O–H groups in total. The van der Waals surface area contributed by atoms with Gasteiger partial charge in [0.15, 0.2) is 0 Å². The second-order valence-electron chi connectivity index (χ2n) is 4.02. The standard InChI is InChI=1S/C10H17O5P/c1-14-16(13,15-2)7-10(12)6-8-3-4-9(11)5-8/h8H,3-7H2,1-2H3. The minimum absolute atomic E-state index is 0.113. The highest BCUT2D eigenvalue weighted by atomic mass is 31.2. The summed E-state index contributed by atoms with van der Waals surface area (Å²) >= 11 is 0. The summed E-state index contributed by atoms with van der Waals surface area (Å²) in [6.45, 7) is 0. The van der Waals surface area contributed by atoms with Gasteiger partial charge in [-0.15, -0.1) is 0 Å². The van der Waals surface area contributed by atoms with E-state index in [0.717, 1.165) is 6.42 Å². The van der Waals surface area contributed by atoms with Gasteiger partial charge in [0.05, 0.1) is 0 Å². The minimum Gasteiger partial charge on any atom is -0.312 e. The largest absolute Gasteiger partial charge is 0.337 e. The molecule has 16 heavy (non-hydrogen) atoms. The molecule has 5 nitrogen and oxygen atoms in total. The summed E-state index contributed by atoms with van der Waals surface area (Å²) in [5.41, 5.74) is 0. The summed E-state index contributed by atoms with van der Waals surface area (Å²) in [5.74, 6) is 0.161. The highest BCUT2D eigenvalue weighted by Crippen LogP contribution is 2.46. The zero-order valence-electron chi connectivity index (χ0n) is 9.60. The first-order valence-corrected chi connectivity index (χ1v) is 6.96. The SMILES string of the molecule is COP(=O)(CC(=O)CC1CCC(=O)C1)OC. The third-order valence-corrected chi connectivity index (χ3v) is 4.64. The number of carbonyl (C=O) groups is 2. The predicted molar refractivity (Wildman–Crippen MR) is 58.5 cm³/mol. The van der Waals surface area contributed by atoms with Gasteiger partial charge < -0.3 is 9.05 Å². The van der Waals surface area contributed by atoms with Gasteiger partial charge in [0.25, 0.3) is 0 Å². The molecule has 0 spiro atoms. The van der Waals surface area contributed by atoms with E-state index >= 15 is 0 Å². The summed E-state index contributed by atoms with van der Waals surface area (Å²) in [6, 6.07) is 0. The Morgan fingerprint density at radius 1 is 1.44 bits per heavy atom. The molecular formula is C10H17O5P. The Bertz CT molecular complexity index is 317. The maximum Gasteiger partial charge on any atom is 0.337 e. The Morgan fingerprint density at radius 3 is 2.50 bits per heavy atom. The number of rotatable bonds is 6. The Balaban J connectivity index is 2.41. The van der Waals surface area contributed by atoms with Crippen molar-refractivity contribution in [1.29, 1.82) is 0 Å². The van der Waals surface area contributed by atoms with Gasteiger partial charge in [-0.25, -0.2) is 0 Å². The van der Waals surface area contributed by atoms with Crippen molar-refractivity contribution >= 4 is 19.2 Å². The van der Waals surface area contributed by atoms with Crippen LogP contribution in [0.1, 0.15) is 25.7 Å². The molecule has 0 aliphatic heterocycles. The van der Waals surface area contributed by atoms with Crippen molar-refractivity contribution in [3.63, 3.8) is 0 Å². The zero-order chi connectivity index (χ0) is 12.2. The van der Waals surface area contributed by atoms with Crippen molar-refractivity contribution in [2.75, 3.05) is 20.4 Å². The fourth-order valence-electron chi connectivity index (χ4n) is 1.87. The van der Waals surface area contributed by atoms with Gasteiger partial charge in [-0.1, -0.05) is 0 Å². The van der Waals surface area contributed by atoms with Crippen LogP contribution in [0.4, 0.5) is 0 Å². The van der Waals surface area contributed by atoms with E-state index in [2.05, 4.69) is 9.05 Å². The van der Waals surface area contributed by atoms with E-state index < -0.39 is 7.60 Å². The van der Waals surface area contributed by atoms with Gasteiger partial charge in [0.1, 0.15) is 17.7 Å². The number of Topliss-reactive ketones (excluding diaryl/α,β-unsaturated/α-hetero) is 2. The van der Waals surface area contributed by atoms with E-state index in [4.69, 9.17) is 0 Å². The van der Waals surface area contributed by atoms with Crippen molar-refractivity contribution in [3.05, 3.63) is 0 Å². The molecule has 1 rings (SSSR count). The number of ketones is 2. The third-order valence-electron chi connectivity index (χ3n) is 2.79. The lowest BCUT2D eigenvalue weighted by Gasteiger charge is -2.13. The van der Waals surface area contributed by atoms with E-state index in [-0.39, 0.29) is 23.6 Å². The van der Waals surface area contributed by atoms with Crippen LogP contribution in [0, 0.1) is 5.92 Å². The molecule has 1 aliphatic carbocycles. The average molecular weight is 248 g/mol. The van der Waals surface area contributed by atoms with Crippen molar-refractivity contribution < 1.29 is 23.2 Å². The summed E-state index contributed by atoms with van der Waals surface area (Å²) in [4.78, 5) is 22.6. The fraction of sp³-hybridized carbons (Fsp3) is 0.800. The molecule has 1 aliphatic rings. The number of hydrogen-bond acceptors (Lipinski definition) is 5. The molecule has 0 radical (unpaired) electrons. The van der Waals surface area contributed by atoms with E-state index in [0.29, 0.717) is 19.3 Å². The average Bonchev–Trinajstić information content (AvgIpc) is 2.63. The summed E-state index contributed by atoms with van der Waals surface area (Å²) in [5, 5.41) is 0. The smallest absolute Gasteiger partial charge is 0.312 e. The lowest BCUT2D eigenvalue weighted by atomic mass is 10.0. The number of carbonyl (C=O) groups excluding carboxylic acids is 2. The highest BCUT2D eigenvalue weighted by Gasteiger charge is 2.29. The molecule has 1 atom stereocenters. The molecule has 92 valence electrons. The molecule has 0 heterocycles. The highest BCUT2D eigenvalue weighted by molar-refractivity contribution is 7.54. The first-order valence-electron chi connectivity index (χ1n) is 5.23. The van der Waals surface area contributed by atoms with Gasteiger partial charge >= 0.3 is 7.60 Å². The van der Waals surface area contributed by atoms with Crippen molar-refractivity contribution in [1.82, 2.24) is 0 Å². The molecule has 1 unspecified atom stereocenters. The van der Waals surface area contributed by atoms with E-state index in [1.165, 1.54) is 14.2 Å². The van der Waals surface area contributed by atoms with Crippen LogP contribution in [0.15, 0.2) is 0 Å². The van der Waals surface area contributed by atoms with E-state index in [9.17, 15) is 14.2 Å². The van der Waals surface area contributed by atoms with E-state index in [1.807, 2.05) is 0 Å². The van der Waals surface area contributed by atoms with E-state index in [1.54, 1.807) is 0 Å². The van der Waals surface area contributed by atoms with Crippen LogP contribution in [-0.2, 0) is 23.2 Å². The van der Waals surface area contributed by atoms with Crippen LogP contribution in [0.25, 0.3) is 0 Å². The Morgan fingerprint density at radius 2 is 2.06 bits per heavy atom. The van der Waals surface area contributed by atoms with Gasteiger partial charge in [-0.3, -0.25) is 14.2 Å². The van der Waals surface area contributed by atoms with Gasteiger partial charge in [-0.05, 0) is 12.3 Å². The van der Waals surface area contributed by atoms with Crippen LogP contribution in [0.5, 0.6) is 0 Å². The second kappa shape index (κ2) is 5.71. The van der Waals surface area contributed by atoms with Gasteiger partial charge in [0, 0.05) is 33.5 Å². The second-order valence-corrected chi connectivity index (χ2v) is 6.29. The fourth-order valence-corrected chi connectivity index (χ4v) is 2.84. The molecule has 0 aromatic carbocycles. The zero-order valence-corrected chi connectivity index (χ0v) is 10.5. The van der Waals surface area contributed by atoms with Crippen LogP contribution < -0.4 is 0 Å². The van der Waals surface area contributed by atoms with Gasteiger partial charge in [0.2, 0.25) is 0 Å². The third kappa shape index (κ3) is 3.81. The Kier molecular flexibility index (Phi) is 4.84. The lowest BCUT2D eigenvalue weighted by molar-refractivity contribution is -0.118. The predicted octanol–water partition coefficient (Wildman–Crippen LogP) is 1.80. The van der Waals surface area contributed by atoms with Crippen molar-refractivity contribution in [3.8, 4) is 0 Å². The van der Waals surface area contributed by atoms with Crippen LogP contribution >= 0.6 is 7.60 Å². The normalized spacial score (nSPS) is 21.4. The molecule has 0 bridgehead atoms. The molecule has 0 aromatic rings. The maximum atomic E-state index is 11.7. The first kappa shape index (κ1) is 13.6.